The average molecular weight is 556 g/mol. The van der Waals surface area contributed by atoms with Crippen molar-refractivity contribution in [1.82, 2.24) is 24.7 Å². The summed E-state index contributed by atoms with van der Waals surface area (Å²) in [5, 5.41) is 20.6. The Morgan fingerprint density at radius 3 is 1.93 bits per heavy atom. The minimum atomic E-state index is 0.182. The second-order valence-electron chi connectivity index (χ2n) is 12.7. The predicted octanol–water partition coefficient (Wildman–Crippen LogP) is 5.71. The Morgan fingerprint density at radius 1 is 0.732 bits per heavy atom. The zero-order valence-electron chi connectivity index (χ0n) is 24.3. The van der Waals surface area contributed by atoms with Crippen LogP contribution in [0.5, 0.6) is 11.5 Å². The van der Waals surface area contributed by atoms with Crippen molar-refractivity contribution in [2.24, 2.45) is 5.41 Å². The maximum absolute atomic E-state index is 10.3. The van der Waals surface area contributed by atoms with Gasteiger partial charge in [-0.1, -0.05) is 43.5 Å². The van der Waals surface area contributed by atoms with E-state index < -0.39 is 0 Å². The summed E-state index contributed by atoms with van der Waals surface area (Å²) in [7, 11) is 0. The fourth-order valence-electron chi connectivity index (χ4n) is 7.34. The van der Waals surface area contributed by atoms with Crippen LogP contribution in [0.15, 0.2) is 60.9 Å². The zero-order valence-corrected chi connectivity index (χ0v) is 24.3. The molecule has 4 heterocycles. The van der Waals surface area contributed by atoms with Crippen LogP contribution in [0, 0.1) is 5.41 Å². The van der Waals surface area contributed by atoms with Crippen LogP contribution >= 0.6 is 0 Å². The lowest BCUT2D eigenvalue weighted by Gasteiger charge is -2.43. The van der Waals surface area contributed by atoms with Crippen LogP contribution in [-0.4, -0.2) is 67.1 Å². The lowest BCUT2D eigenvalue weighted by molar-refractivity contribution is 0.0615. The second kappa shape index (κ2) is 12.9. The molecule has 3 fully saturated rings. The summed E-state index contributed by atoms with van der Waals surface area (Å²) in [6, 6.07) is 16.6. The van der Waals surface area contributed by atoms with E-state index in [4.69, 9.17) is 0 Å². The summed E-state index contributed by atoms with van der Waals surface area (Å²) in [6.07, 6.45) is 14.6. The highest BCUT2D eigenvalue weighted by Crippen LogP contribution is 2.42. The van der Waals surface area contributed by atoms with Gasteiger partial charge in [-0.3, -0.25) is 19.8 Å². The van der Waals surface area contributed by atoms with Gasteiger partial charge in [-0.05, 0) is 92.5 Å². The van der Waals surface area contributed by atoms with Crippen LogP contribution in [0.25, 0.3) is 0 Å². The van der Waals surface area contributed by atoms with Crippen LogP contribution in [0.2, 0.25) is 0 Å². The van der Waals surface area contributed by atoms with E-state index in [1.165, 1.54) is 88.7 Å². The topological polar surface area (TPSA) is 76.0 Å². The third kappa shape index (κ3) is 7.08. The van der Waals surface area contributed by atoms with Crippen molar-refractivity contribution in [3.8, 4) is 11.5 Å². The summed E-state index contributed by atoms with van der Waals surface area (Å²) >= 11 is 0. The molecule has 2 N–H and O–H groups in total. The molecule has 1 aliphatic carbocycles. The fourth-order valence-corrected chi connectivity index (χ4v) is 7.34. The van der Waals surface area contributed by atoms with Gasteiger partial charge in [0.05, 0.1) is 11.4 Å². The Bertz CT molecular complexity index is 1220. The first-order chi connectivity index (χ1) is 20.1. The first-order valence-corrected chi connectivity index (χ1v) is 15.6. The molecule has 0 amide bonds. The van der Waals surface area contributed by atoms with Gasteiger partial charge in [0.25, 0.3) is 0 Å². The molecule has 2 saturated heterocycles. The third-order valence-electron chi connectivity index (χ3n) is 9.78. The Kier molecular flexibility index (Phi) is 8.84. The van der Waals surface area contributed by atoms with Crippen molar-refractivity contribution in [2.75, 3.05) is 26.2 Å². The molecular formula is C34H45N5O2. The lowest BCUT2D eigenvalue weighted by Crippen LogP contribution is -2.46. The minimum Gasteiger partial charge on any atom is -0.506 e. The number of hydrogen-bond acceptors (Lipinski definition) is 7. The number of aromatic nitrogens is 2. The first-order valence-electron chi connectivity index (χ1n) is 15.6. The molecule has 0 bridgehead atoms. The van der Waals surface area contributed by atoms with Gasteiger partial charge in [0.1, 0.15) is 11.5 Å². The summed E-state index contributed by atoms with van der Waals surface area (Å²) < 4.78 is 0. The number of rotatable bonds is 9. The van der Waals surface area contributed by atoms with Gasteiger partial charge in [-0.2, -0.15) is 0 Å². The van der Waals surface area contributed by atoms with Crippen LogP contribution in [-0.2, 0) is 26.2 Å². The number of nitrogens with zero attached hydrogens (tertiary/aromatic N) is 5. The van der Waals surface area contributed by atoms with Gasteiger partial charge < -0.3 is 15.1 Å². The van der Waals surface area contributed by atoms with Crippen molar-refractivity contribution >= 4 is 0 Å². The van der Waals surface area contributed by atoms with Crippen LogP contribution < -0.4 is 0 Å². The molecule has 0 atom stereocenters. The number of aromatic hydroxyl groups is 2. The molecule has 0 unspecified atom stereocenters. The Labute approximate surface area is 244 Å². The quantitative estimate of drug-likeness (QED) is 0.350. The number of benzene rings is 1. The van der Waals surface area contributed by atoms with Gasteiger partial charge in [-0.15, -0.1) is 0 Å². The Hall–Kier alpha value is -3.00. The Morgan fingerprint density at radius 2 is 1.32 bits per heavy atom. The van der Waals surface area contributed by atoms with E-state index in [1.807, 2.05) is 0 Å². The monoisotopic (exact) mass is 555 g/mol. The van der Waals surface area contributed by atoms with Gasteiger partial charge in [0.2, 0.25) is 0 Å². The molecule has 0 radical (unpaired) electrons. The van der Waals surface area contributed by atoms with Crippen molar-refractivity contribution in [3.63, 3.8) is 0 Å². The van der Waals surface area contributed by atoms with Crippen molar-refractivity contribution < 1.29 is 10.2 Å². The van der Waals surface area contributed by atoms with Gasteiger partial charge >= 0.3 is 0 Å². The molecule has 1 aromatic carbocycles. The average Bonchev–Trinajstić information content (AvgIpc) is 3.38. The van der Waals surface area contributed by atoms with Crippen LogP contribution in [0.1, 0.15) is 73.9 Å². The van der Waals surface area contributed by atoms with E-state index >= 15 is 0 Å². The maximum atomic E-state index is 10.3. The molecule has 2 aromatic heterocycles. The van der Waals surface area contributed by atoms with Gasteiger partial charge in [-0.25, -0.2) is 0 Å². The van der Waals surface area contributed by atoms with Gasteiger partial charge in [0, 0.05) is 51.2 Å². The van der Waals surface area contributed by atoms with E-state index in [-0.39, 0.29) is 11.5 Å². The van der Waals surface area contributed by atoms with Crippen molar-refractivity contribution in [3.05, 3.63) is 83.4 Å². The largest absolute Gasteiger partial charge is 0.506 e. The summed E-state index contributed by atoms with van der Waals surface area (Å²) in [5.41, 5.74) is 4.31. The smallest absolute Gasteiger partial charge is 0.138 e. The molecule has 41 heavy (non-hydrogen) atoms. The summed E-state index contributed by atoms with van der Waals surface area (Å²) in [6.45, 7) is 7.64. The highest BCUT2D eigenvalue weighted by Gasteiger charge is 2.41. The molecule has 2 aliphatic heterocycles. The molecule has 1 saturated carbocycles. The number of hydrogen-bond donors (Lipinski definition) is 2. The van der Waals surface area contributed by atoms with E-state index in [0.717, 1.165) is 12.6 Å². The number of piperidine rings is 1. The van der Waals surface area contributed by atoms with Crippen LogP contribution in [0.3, 0.4) is 0 Å². The predicted molar refractivity (Wildman–Crippen MR) is 161 cm³/mol. The molecule has 218 valence electrons. The molecule has 3 aliphatic rings. The standard InChI is InChI=1S/C34H45N5O2/c40-32-8-4-17-35-30(32)24-38(25-31-33(41)9-5-18-36-31)23-28-12-10-27(11-13-28)22-37-19-14-34(26-37)15-20-39(21-16-34)29-6-2-1-3-7-29/h4-5,8-13,17-18,29,40-41H,1-3,6-7,14-16,19-26H2. The summed E-state index contributed by atoms with van der Waals surface area (Å²) in [4.78, 5) is 16.4. The molecule has 7 nitrogen and oxygen atoms in total. The molecule has 1 spiro atoms. The lowest BCUT2D eigenvalue weighted by atomic mass is 9.77. The SMILES string of the molecule is Oc1cccnc1CN(Cc1ccc(CN2CCC3(CCN(C4CCCCC4)CC3)C2)cc1)Cc1ncccc1O. The number of pyridine rings is 2. The summed E-state index contributed by atoms with van der Waals surface area (Å²) in [5.74, 6) is 0.363. The normalized spacial score (nSPS) is 20.2. The second-order valence-corrected chi connectivity index (χ2v) is 12.7. The highest BCUT2D eigenvalue weighted by molar-refractivity contribution is 5.28. The van der Waals surface area contributed by atoms with E-state index in [2.05, 4.69) is 48.9 Å². The Balaban J connectivity index is 1.05. The van der Waals surface area contributed by atoms with Crippen molar-refractivity contribution in [1.29, 1.82) is 0 Å². The van der Waals surface area contributed by atoms with Crippen LogP contribution in [0.4, 0.5) is 0 Å². The first kappa shape index (κ1) is 28.1. The molecule has 6 rings (SSSR count). The minimum absolute atomic E-state index is 0.182. The fraction of sp³-hybridized carbons (Fsp3) is 0.529. The molecular weight excluding hydrogens is 510 g/mol. The highest BCUT2D eigenvalue weighted by atomic mass is 16.3. The zero-order chi connectivity index (χ0) is 28.1. The van der Waals surface area contributed by atoms with E-state index in [1.54, 1.807) is 36.7 Å². The molecule has 3 aromatic rings. The van der Waals surface area contributed by atoms with E-state index in [0.29, 0.717) is 36.4 Å². The molecule has 7 heteroatoms. The number of likely N-dealkylation sites (tertiary alicyclic amines) is 2. The van der Waals surface area contributed by atoms with Crippen molar-refractivity contribution in [2.45, 2.75) is 83.6 Å². The third-order valence-corrected chi connectivity index (χ3v) is 9.78. The van der Waals surface area contributed by atoms with E-state index in [9.17, 15) is 10.2 Å². The van der Waals surface area contributed by atoms with Gasteiger partial charge in [0.15, 0.2) is 0 Å². The maximum Gasteiger partial charge on any atom is 0.138 e.